The smallest absolute Gasteiger partial charge is 1.00 e. The first-order valence-electron chi connectivity index (χ1n) is 2.68. The Morgan fingerprint density at radius 1 is 0.389 bits per heavy atom. The van der Waals surface area contributed by atoms with Crippen molar-refractivity contribution in [3.8, 4) is 0 Å². The van der Waals surface area contributed by atoms with Crippen LogP contribution in [0.25, 0.3) is 0 Å². The van der Waals surface area contributed by atoms with Crippen molar-refractivity contribution in [2.24, 2.45) is 0 Å². The van der Waals surface area contributed by atoms with Gasteiger partial charge in [0.2, 0.25) is 0 Å². The zero-order valence-corrected chi connectivity index (χ0v) is 11.7. The van der Waals surface area contributed by atoms with E-state index in [4.69, 9.17) is 57.5 Å². The monoisotopic (exact) mass is 336 g/mol. The van der Waals surface area contributed by atoms with Crippen LogP contribution < -0.4 is 18.9 Å². The Morgan fingerprint density at radius 2 is 0.389 bits per heavy atom. The van der Waals surface area contributed by atoms with Gasteiger partial charge in [0.25, 0.3) is 0 Å². The molecule has 18 heavy (non-hydrogen) atoms. The zero-order valence-electron chi connectivity index (χ0n) is 9.68. The van der Waals surface area contributed by atoms with Crippen molar-refractivity contribution < 1.29 is 87.2 Å². The van der Waals surface area contributed by atoms with E-state index in [9.17, 15) is 0 Å². The minimum Gasteiger partial charge on any atom is -1.00 e. The first-order valence-corrected chi connectivity index (χ1v) is 8.05. The third-order valence-corrected chi connectivity index (χ3v) is 0. The van der Waals surface area contributed by atoms with E-state index in [0.29, 0.717) is 0 Å². The Morgan fingerprint density at radius 3 is 0.389 bits per heavy atom. The molecule has 0 fully saturated rings. The van der Waals surface area contributed by atoms with E-state index in [1.54, 1.807) is 0 Å². The minimum atomic E-state index is -4.61. The molecule has 114 valence electrons. The fourth-order valence-corrected chi connectivity index (χ4v) is 0. The van der Waals surface area contributed by atoms with Gasteiger partial charge in [-0.3, -0.25) is 9.41 Å². The largest absolute Gasteiger partial charge is 1.00 e. The molecule has 0 spiro atoms. The maximum atomic E-state index is 7.33. The van der Waals surface area contributed by atoms with Crippen LogP contribution in [0, 0.1) is 0 Å². The molecule has 0 rings (SSSR count). The second-order valence-corrected chi connectivity index (χ2v) is 5.40. The predicted molar refractivity (Wildman–Crippen MR) is 50.0 cm³/mol. The van der Waals surface area contributed by atoms with Gasteiger partial charge in [0, 0.05) is 0 Å². The first kappa shape index (κ1) is 36.3. The molecule has 0 saturated carbocycles. The van der Waals surface area contributed by atoms with E-state index in [1.165, 1.54) is 0 Å². The standard InChI is InChI=1S/2FH.Li.3H4O4Si.H/c;;;3*1-5(2,3)4;/h2*1H;;3*1-4H;/q;;+1;;;;-1. The molecule has 18 heteroatoms. The molecule has 0 saturated heterocycles. The number of hydrogen-bond acceptors (Lipinski definition) is 12. The Bertz CT molecular complexity index is 106. The van der Waals surface area contributed by atoms with Gasteiger partial charge in [-0.05, 0) is 0 Å². The second-order valence-electron chi connectivity index (χ2n) is 1.80. The van der Waals surface area contributed by atoms with Crippen molar-refractivity contribution in [3.05, 3.63) is 0 Å². The summed E-state index contributed by atoms with van der Waals surface area (Å²) in [5, 5.41) is 0. The van der Waals surface area contributed by atoms with E-state index in [0.717, 1.165) is 0 Å². The molecule has 0 atom stereocenters. The van der Waals surface area contributed by atoms with Crippen molar-refractivity contribution in [1.29, 1.82) is 0 Å². The minimum absolute atomic E-state index is 0. The normalized spacial score (nSPS) is 10.0. The predicted octanol–water partition coefficient (Wildman–Crippen LogP) is -10.4. The molecular weight excluding hydrogens is 321 g/mol. The summed E-state index contributed by atoms with van der Waals surface area (Å²) >= 11 is 0. The van der Waals surface area contributed by atoms with Crippen molar-refractivity contribution in [2.75, 3.05) is 0 Å². The topological polar surface area (TPSA) is 243 Å². The number of halogens is 2. The second kappa shape index (κ2) is 14.0. The molecule has 0 heterocycles. The third kappa shape index (κ3) is 10300. The molecule has 0 aromatic heterocycles. The van der Waals surface area contributed by atoms with Gasteiger partial charge in [0.05, 0.1) is 0 Å². The van der Waals surface area contributed by atoms with Crippen molar-refractivity contribution in [1.82, 2.24) is 0 Å². The molecular formula is H15F2LiO12Si3. The molecule has 0 aromatic carbocycles. The van der Waals surface area contributed by atoms with Crippen molar-refractivity contribution in [3.63, 3.8) is 0 Å². The molecule has 0 aliphatic heterocycles. The Labute approximate surface area is 115 Å². The Hall–Kier alpha value is 0.628. The third-order valence-electron chi connectivity index (χ3n) is 0. The fraction of sp³-hybridized carbons (Fsp3) is 0. The molecule has 0 aromatic rings. The Kier molecular flexibility index (Phi) is 28.3. The van der Waals surface area contributed by atoms with Crippen LogP contribution in [0.1, 0.15) is 1.43 Å². The summed E-state index contributed by atoms with van der Waals surface area (Å²) in [4.78, 5) is 87.9. The average molecular weight is 336 g/mol. The van der Waals surface area contributed by atoms with Crippen LogP contribution in [-0.4, -0.2) is 84.7 Å². The maximum absolute atomic E-state index is 7.33. The van der Waals surface area contributed by atoms with Gasteiger partial charge in [-0.1, -0.05) is 0 Å². The molecule has 0 radical (unpaired) electrons. The first-order chi connectivity index (χ1) is 6.00. The summed E-state index contributed by atoms with van der Waals surface area (Å²) in [5.74, 6) is 0. The molecule has 0 bridgehead atoms. The van der Waals surface area contributed by atoms with Gasteiger partial charge in [0.1, 0.15) is 0 Å². The van der Waals surface area contributed by atoms with Crippen molar-refractivity contribution >= 4 is 27.1 Å². The van der Waals surface area contributed by atoms with E-state index in [-0.39, 0.29) is 29.7 Å². The maximum Gasteiger partial charge on any atom is 1.00 e. The zero-order chi connectivity index (χ0) is 13.5. The van der Waals surface area contributed by atoms with Gasteiger partial charge < -0.3 is 59.0 Å². The van der Waals surface area contributed by atoms with Gasteiger partial charge in [-0.25, -0.2) is 0 Å². The van der Waals surface area contributed by atoms with E-state index < -0.39 is 27.1 Å². The summed E-state index contributed by atoms with van der Waals surface area (Å²) in [6, 6.07) is 0. The fourth-order valence-electron chi connectivity index (χ4n) is 0. The van der Waals surface area contributed by atoms with Crippen LogP contribution >= 0.6 is 0 Å². The number of hydrogen-bond donors (Lipinski definition) is 12. The number of rotatable bonds is 0. The molecule has 0 unspecified atom stereocenters. The van der Waals surface area contributed by atoms with Crippen LogP contribution in [-0.2, 0) is 0 Å². The summed E-state index contributed by atoms with van der Waals surface area (Å²) in [6.45, 7) is 0. The quantitative estimate of drug-likeness (QED) is 0.184. The SMILES string of the molecule is F.F.O[Si](O)(O)O.O[Si](O)(O)O.O[Si](O)(O)O.[H-].[Li+]. The van der Waals surface area contributed by atoms with Crippen LogP contribution in [0.2, 0.25) is 0 Å². The van der Waals surface area contributed by atoms with E-state index in [2.05, 4.69) is 0 Å². The van der Waals surface area contributed by atoms with Crippen molar-refractivity contribution in [2.45, 2.75) is 0 Å². The summed E-state index contributed by atoms with van der Waals surface area (Å²) in [5.41, 5.74) is 0. The van der Waals surface area contributed by atoms with Crippen LogP contribution in [0.5, 0.6) is 0 Å². The Balaban J connectivity index is -0.0000000206. The molecule has 12 N–H and O–H groups in total. The van der Waals surface area contributed by atoms with Crippen LogP contribution in [0.4, 0.5) is 9.41 Å². The summed E-state index contributed by atoms with van der Waals surface area (Å²) in [7, 11) is -13.8. The van der Waals surface area contributed by atoms with Gasteiger partial charge in [-0.15, -0.1) is 0 Å². The van der Waals surface area contributed by atoms with Crippen LogP contribution in [0.15, 0.2) is 0 Å². The molecule has 0 aliphatic rings. The average Bonchev–Trinajstić information content (AvgIpc) is 1.41. The van der Waals surface area contributed by atoms with E-state index in [1.807, 2.05) is 0 Å². The van der Waals surface area contributed by atoms with Crippen LogP contribution in [0.3, 0.4) is 0 Å². The van der Waals surface area contributed by atoms with Gasteiger partial charge in [0.15, 0.2) is 0 Å². The van der Waals surface area contributed by atoms with Gasteiger partial charge >= 0.3 is 46.0 Å². The summed E-state index contributed by atoms with van der Waals surface area (Å²) < 4.78 is 0. The van der Waals surface area contributed by atoms with Gasteiger partial charge in [-0.2, -0.15) is 0 Å². The van der Waals surface area contributed by atoms with E-state index >= 15 is 0 Å². The molecule has 12 nitrogen and oxygen atoms in total. The molecule has 0 aliphatic carbocycles. The molecule has 0 amide bonds. The summed E-state index contributed by atoms with van der Waals surface area (Å²) in [6.07, 6.45) is 0.